The fraction of sp³-hybridized carbons (Fsp3) is 0.333. The third-order valence-corrected chi connectivity index (χ3v) is 2.43. The van der Waals surface area contributed by atoms with Crippen LogP contribution in [0.5, 0.6) is 0 Å². The molecule has 0 saturated heterocycles. The van der Waals surface area contributed by atoms with Gasteiger partial charge in [0.15, 0.2) is 0 Å². The zero-order chi connectivity index (χ0) is 13.0. The van der Waals surface area contributed by atoms with Crippen LogP contribution in [0.15, 0.2) is 18.2 Å². The standard InChI is InChI=1S/C12H14FNO3/c1-3-10(12(16)17)14-11(15)8-4-5-9(13)7(2)6-8/h4-6,10H,3H2,1-2H3,(H,14,15)(H,16,17)/t10-/m0/s1. The molecule has 0 aromatic heterocycles. The summed E-state index contributed by atoms with van der Waals surface area (Å²) in [5.74, 6) is -1.99. The SMILES string of the molecule is CC[C@H](NC(=O)c1ccc(F)c(C)c1)C(=O)O. The maximum absolute atomic E-state index is 13.0. The molecule has 0 heterocycles. The minimum Gasteiger partial charge on any atom is -0.480 e. The molecule has 0 aliphatic heterocycles. The molecule has 5 heteroatoms. The monoisotopic (exact) mass is 239 g/mol. The van der Waals surface area contributed by atoms with Gasteiger partial charge in [-0.05, 0) is 37.1 Å². The highest BCUT2D eigenvalue weighted by Gasteiger charge is 2.18. The van der Waals surface area contributed by atoms with E-state index in [1.165, 1.54) is 18.2 Å². The van der Waals surface area contributed by atoms with Gasteiger partial charge in [0, 0.05) is 5.56 Å². The summed E-state index contributed by atoms with van der Waals surface area (Å²) in [5, 5.41) is 11.2. The first-order valence-electron chi connectivity index (χ1n) is 5.25. The highest BCUT2D eigenvalue weighted by Crippen LogP contribution is 2.09. The molecule has 0 radical (unpaired) electrons. The first kappa shape index (κ1) is 13.2. The molecule has 0 bridgehead atoms. The zero-order valence-corrected chi connectivity index (χ0v) is 9.66. The molecule has 17 heavy (non-hydrogen) atoms. The van der Waals surface area contributed by atoms with Crippen LogP contribution in [-0.4, -0.2) is 23.0 Å². The van der Waals surface area contributed by atoms with Crippen molar-refractivity contribution in [3.63, 3.8) is 0 Å². The Hall–Kier alpha value is -1.91. The summed E-state index contributed by atoms with van der Waals surface area (Å²) in [5.41, 5.74) is 0.602. The van der Waals surface area contributed by atoms with Crippen molar-refractivity contribution in [2.24, 2.45) is 0 Å². The maximum atomic E-state index is 13.0. The molecule has 1 aromatic carbocycles. The summed E-state index contributed by atoms with van der Waals surface area (Å²) in [4.78, 5) is 22.4. The van der Waals surface area contributed by atoms with Crippen LogP contribution in [0.2, 0.25) is 0 Å². The smallest absolute Gasteiger partial charge is 0.326 e. The molecule has 0 spiro atoms. The molecule has 0 fully saturated rings. The number of nitrogens with one attached hydrogen (secondary N) is 1. The third kappa shape index (κ3) is 3.27. The lowest BCUT2D eigenvalue weighted by Gasteiger charge is -2.12. The lowest BCUT2D eigenvalue weighted by molar-refractivity contribution is -0.139. The van der Waals surface area contributed by atoms with Gasteiger partial charge in [-0.3, -0.25) is 4.79 Å². The summed E-state index contributed by atoms with van der Waals surface area (Å²) >= 11 is 0. The molecule has 2 N–H and O–H groups in total. The quantitative estimate of drug-likeness (QED) is 0.840. The van der Waals surface area contributed by atoms with Gasteiger partial charge in [0.05, 0.1) is 0 Å². The fourth-order valence-corrected chi connectivity index (χ4v) is 1.37. The van der Waals surface area contributed by atoms with Crippen molar-refractivity contribution in [2.45, 2.75) is 26.3 Å². The lowest BCUT2D eigenvalue weighted by Crippen LogP contribution is -2.40. The fourth-order valence-electron chi connectivity index (χ4n) is 1.37. The van der Waals surface area contributed by atoms with Crippen LogP contribution in [0.4, 0.5) is 4.39 Å². The second kappa shape index (κ2) is 5.43. The second-order valence-corrected chi connectivity index (χ2v) is 3.74. The molecule has 1 rings (SSSR count). The molecule has 1 atom stereocenters. The van der Waals surface area contributed by atoms with Gasteiger partial charge in [0.25, 0.3) is 5.91 Å². The topological polar surface area (TPSA) is 66.4 Å². The summed E-state index contributed by atoms with van der Waals surface area (Å²) < 4.78 is 13.0. The first-order chi connectivity index (χ1) is 7.95. The molecule has 4 nitrogen and oxygen atoms in total. The van der Waals surface area contributed by atoms with E-state index in [0.717, 1.165) is 0 Å². The Morgan fingerprint density at radius 1 is 1.47 bits per heavy atom. The summed E-state index contributed by atoms with van der Waals surface area (Å²) in [6.07, 6.45) is 0.293. The summed E-state index contributed by atoms with van der Waals surface area (Å²) in [7, 11) is 0. The zero-order valence-electron chi connectivity index (χ0n) is 9.66. The number of hydrogen-bond donors (Lipinski definition) is 2. The van der Waals surface area contributed by atoms with Crippen molar-refractivity contribution in [3.05, 3.63) is 35.1 Å². The molecule has 0 aliphatic rings. The van der Waals surface area contributed by atoms with Gasteiger partial charge in [-0.1, -0.05) is 6.92 Å². The van der Waals surface area contributed by atoms with Crippen molar-refractivity contribution in [1.82, 2.24) is 5.32 Å². The normalized spacial score (nSPS) is 11.9. The molecule has 0 saturated carbocycles. The van der Waals surface area contributed by atoms with Gasteiger partial charge >= 0.3 is 5.97 Å². The Morgan fingerprint density at radius 2 is 2.12 bits per heavy atom. The predicted octanol–water partition coefficient (Wildman–Crippen LogP) is 1.73. The Morgan fingerprint density at radius 3 is 2.59 bits per heavy atom. The average Bonchev–Trinajstić information content (AvgIpc) is 2.28. The van der Waals surface area contributed by atoms with Gasteiger partial charge in [0.2, 0.25) is 0 Å². The molecular weight excluding hydrogens is 225 g/mol. The molecule has 0 unspecified atom stereocenters. The number of carbonyl (C=O) groups excluding carboxylic acids is 1. The number of amides is 1. The molecule has 92 valence electrons. The van der Waals surface area contributed by atoms with Crippen LogP contribution in [-0.2, 0) is 4.79 Å². The largest absolute Gasteiger partial charge is 0.480 e. The minimum atomic E-state index is -1.08. The summed E-state index contributed by atoms with van der Waals surface area (Å²) in [6, 6.07) is 2.98. The average molecular weight is 239 g/mol. The Kier molecular flexibility index (Phi) is 4.20. The van der Waals surface area contributed by atoms with Crippen molar-refractivity contribution < 1.29 is 19.1 Å². The van der Waals surface area contributed by atoms with Gasteiger partial charge in [0.1, 0.15) is 11.9 Å². The van der Waals surface area contributed by atoms with Gasteiger partial charge < -0.3 is 10.4 Å². The van der Waals surface area contributed by atoms with Gasteiger partial charge in [-0.15, -0.1) is 0 Å². The number of carboxylic acids is 1. The van der Waals surface area contributed by atoms with E-state index in [-0.39, 0.29) is 5.56 Å². The maximum Gasteiger partial charge on any atom is 0.326 e. The predicted molar refractivity (Wildman–Crippen MR) is 60.3 cm³/mol. The van der Waals surface area contributed by atoms with Crippen LogP contribution in [0.1, 0.15) is 29.3 Å². The van der Waals surface area contributed by atoms with Gasteiger partial charge in [-0.25, -0.2) is 9.18 Å². The van der Waals surface area contributed by atoms with Crippen LogP contribution in [0, 0.1) is 12.7 Å². The number of rotatable bonds is 4. The number of halogens is 1. The van der Waals surface area contributed by atoms with Crippen molar-refractivity contribution in [1.29, 1.82) is 0 Å². The Labute approximate surface area is 98.5 Å². The van der Waals surface area contributed by atoms with Crippen LogP contribution in [0.25, 0.3) is 0 Å². The Balaban J connectivity index is 2.82. The Bertz CT molecular complexity index is 445. The van der Waals surface area contributed by atoms with Crippen molar-refractivity contribution >= 4 is 11.9 Å². The van der Waals surface area contributed by atoms with Crippen molar-refractivity contribution in [3.8, 4) is 0 Å². The number of aliphatic carboxylic acids is 1. The van der Waals surface area contributed by atoms with E-state index in [2.05, 4.69) is 5.32 Å². The van der Waals surface area contributed by atoms with Gasteiger partial charge in [-0.2, -0.15) is 0 Å². The van der Waals surface area contributed by atoms with E-state index < -0.39 is 23.7 Å². The lowest BCUT2D eigenvalue weighted by atomic mass is 10.1. The number of aryl methyl sites for hydroxylation is 1. The van der Waals surface area contributed by atoms with E-state index in [4.69, 9.17) is 5.11 Å². The highest BCUT2D eigenvalue weighted by atomic mass is 19.1. The number of carbonyl (C=O) groups is 2. The van der Waals surface area contributed by atoms with Crippen LogP contribution in [0.3, 0.4) is 0 Å². The third-order valence-electron chi connectivity index (χ3n) is 2.43. The second-order valence-electron chi connectivity index (χ2n) is 3.74. The number of carboxylic acid groups (broad SMARTS) is 1. The van der Waals surface area contributed by atoms with E-state index in [0.29, 0.717) is 12.0 Å². The molecule has 1 amide bonds. The van der Waals surface area contributed by atoms with Crippen LogP contribution >= 0.6 is 0 Å². The highest BCUT2D eigenvalue weighted by molar-refractivity contribution is 5.96. The van der Waals surface area contributed by atoms with Crippen LogP contribution < -0.4 is 5.32 Å². The minimum absolute atomic E-state index is 0.253. The molecule has 0 aliphatic carbocycles. The number of benzene rings is 1. The van der Waals surface area contributed by atoms with E-state index >= 15 is 0 Å². The number of hydrogen-bond acceptors (Lipinski definition) is 2. The molecule has 1 aromatic rings. The van der Waals surface area contributed by atoms with E-state index in [1.54, 1.807) is 13.8 Å². The van der Waals surface area contributed by atoms with Crippen molar-refractivity contribution in [2.75, 3.05) is 0 Å². The van der Waals surface area contributed by atoms with E-state index in [1.807, 2.05) is 0 Å². The first-order valence-corrected chi connectivity index (χ1v) is 5.25. The molecular formula is C12H14FNO3. The van der Waals surface area contributed by atoms with E-state index in [9.17, 15) is 14.0 Å². The summed E-state index contributed by atoms with van der Waals surface area (Å²) in [6.45, 7) is 3.20.